The van der Waals surface area contributed by atoms with E-state index in [0.29, 0.717) is 0 Å². The molecule has 0 aliphatic carbocycles. The molecule has 0 aliphatic heterocycles. The molecule has 6 heteroatoms. The maximum Gasteiger partial charge on any atom is 0.313 e. The number of thioether (sulfide) groups is 1. The van der Waals surface area contributed by atoms with Crippen LogP contribution in [-0.2, 0) is 17.8 Å². The van der Waals surface area contributed by atoms with Crippen LogP contribution in [0.2, 0.25) is 0 Å². The Morgan fingerprint density at radius 3 is 2.48 bits per heavy atom. The summed E-state index contributed by atoms with van der Waals surface area (Å²) in [6.07, 6.45) is 9.30. The predicted octanol–water partition coefficient (Wildman–Crippen LogP) is 3.77. The second kappa shape index (κ2) is 10.7. The van der Waals surface area contributed by atoms with Crippen LogP contribution in [0.3, 0.4) is 0 Å². The lowest BCUT2D eigenvalue weighted by Gasteiger charge is -2.09. The van der Waals surface area contributed by atoms with Crippen LogP contribution in [0.4, 0.5) is 0 Å². The van der Waals surface area contributed by atoms with Crippen molar-refractivity contribution in [3.05, 3.63) is 5.82 Å². The van der Waals surface area contributed by atoms with Gasteiger partial charge < -0.3 is 9.67 Å². The Bertz CT molecular complexity index is 421. The van der Waals surface area contributed by atoms with Crippen molar-refractivity contribution in [1.82, 2.24) is 14.8 Å². The fourth-order valence-electron chi connectivity index (χ4n) is 2.16. The predicted molar refractivity (Wildman–Crippen MR) is 85.8 cm³/mol. The van der Waals surface area contributed by atoms with E-state index >= 15 is 0 Å². The van der Waals surface area contributed by atoms with Crippen LogP contribution < -0.4 is 0 Å². The highest BCUT2D eigenvalue weighted by Crippen LogP contribution is 2.19. The number of hydrogen-bond donors (Lipinski definition) is 1. The quantitative estimate of drug-likeness (QED) is 0.470. The van der Waals surface area contributed by atoms with E-state index in [4.69, 9.17) is 5.11 Å². The first-order chi connectivity index (χ1) is 10.2. The molecule has 1 N–H and O–H groups in total. The van der Waals surface area contributed by atoms with Crippen LogP contribution in [-0.4, -0.2) is 31.6 Å². The van der Waals surface area contributed by atoms with Gasteiger partial charge in [-0.05, 0) is 12.8 Å². The Morgan fingerprint density at radius 2 is 1.81 bits per heavy atom. The van der Waals surface area contributed by atoms with Gasteiger partial charge in [-0.3, -0.25) is 4.79 Å². The standard InChI is InChI=1S/C15H27N3O2S/c1-3-5-7-8-9-10-13-16-17-15(21-12-14(19)20)18(13)11-6-4-2/h3-12H2,1-2H3,(H,19,20). The molecule has 21 heavy (non-hydrogen) atoms. The van der Waals surface area contributed by atoms with E-state index in [1.54, 1.807) is 0 Å². The Hall–Kier alpha value is -1.04. The number of aryl methyl sites for hydroxylation is 1. The molecule has 0 unspecified atom stereocenters. The maximum atomic E-state index is 10.7. The van der Waals surface area contributed by atoms with Crippen molar-refractivity contribution in [2.75, 3.05) is 5.75 Å². The number of aromatic nitrogens is 3. The average Bonchev–Trinajstić information content (AvgIpc) is 2.85. The number of carboxylic acids is 1. The van der Waals surface area contributed by atoms with Crippen molar-refractivity contribution < 1.29 is 9.90 Å². The molecule has 120 valence electrons. The third-order valence-corrected chi connectivity index (χ3v) is 4.31. The molecule has 1 aromatic heterocycles. The summed E-state index contributed by atoms with van der Waals surface area (Å²) in [5.74, 6) is 0.236. The Labute approximate surface area is 131 Å². The van der Waals surface area contributed by atoms with Crippen LogP contribution in [0.5, 0.6) is 0 Å². The van der Waals surface area contributed by atoms with Crippen LogP contribution in [0.25, 0.3) is 0 Å². The first-order valence-electron chi connectivity index (χ1n) is 7.95. The summed E-state index contributed by atoms with van der Waals surface area (Å²) < 4.78 is 2.11. The molecule has 5 nitrogen and oxygen atoms in total. The molecule has 1 aromatic rings. The van der Waals surface area contributed by atoms with Gasteiger partial charge in [-0.2, -0.15) is 0 Å². The summed E-state index contributed by atoms with van der Waals surface area (Å²) in [4.78, 5) is 10.7. The van der Waals surface area contributed by atoms with Crippen LogP contribution in [0.15, 0.2) is 5.16 Å². The van der Waals surface area contributed by atoms with Crippen molar-refractivity contribution in [2.45, 2.75) is 76.9 Å². The summed E-state index contributed by atoms with van der Waals surface area (Å²) in [5, 5.41) is 18.0. The van der Waals surface area contributed by atoms with Gasteiger partial charge in [0, 0.05) is 13.0 Å². The zero-order valence-electron chi connectivity index (χ0n) is 13.2. The molecular weight excluding hydrogens is 286 g/mol. The topological polar surface area (TPSA) is 68.0 Å². The van der Waals surface area contributed by atoms with Gasteiger partial charge in [0.25, 0.3) is 0 Å². The van der Waals surface area contributed by atoms with E-state index in [1.807, 2.05) is 0 Å². The molecule has 0 bridgehead atoms. The molecular formula is C15H27N3O2S. The summed E-state index contributed by atoms with van der Waals surface area (Å²) in [6, 6.07) is 0. The lowest BCUT2D eigenvalue weighted by Crippen LogP contribution is -2.07. The number of unbranched alkanes of at least 4 members (excludes halogenated alkanes) is 5. The van der Waals surface area contributed by atoms with Gasteiger partial charge in [0.05, 0.1) is 5.75 Å². The van der Waals surface area contributed by atoms with Crippen molar-refractivity contribution in [3.63, 3.8) is 0 Å². The van der Waals surface area contributed by atoms with E-state index in [9.17, 15) is 4.79 Å². The van der Waals surface area contributed by atoms with Gasteiger partial charge >= 0.3 is 5.97 Å². The minimum absolute atomic E-state index is 0.0424. The summed E-state index contributed by atoms with van der Waals surface area (Å²) in [6.45, 7) is 5.25. The fraction of sp³-hybridized carbons (Fsp3) is 0.800. The number of carboxylic acid groups (broad SMARTS) is 1. The molecule has 1 heterocycles. The molecule has 0 aliphatic rings. The Kier molecular flexibility index (Phi) is 9.14. The van der Waals surface area contributed by atoms with E-state index in [-0.39, 0.29) is 5.75 Å². The molecule has 0 aromatic carbocycles. The van der Waals surface area contributed by atoms with Crippen molar-refractivity contribution in [3.8, 4) is 0 Å². The summed E-state index contributed by atoms with van der Waals surface area (Å²) in [5.41, 5.74) is 0. The third-order valence-electron chi connectivity index (χ3n) is 3.36. The molecule has 0 fully saturated rings. The first kappa shape index (κ1) is 18.0. The molecule has 0 saturated heterocycles. The zero-order chi connectivity index (χ0) is 15.5. The van der Waals surface area contributed by atoms with E-state index in [1.165, 1.54) is 37.4 Å². The van der Waals surface area contributed by atoms with E-state index in [2.05, 4.69) is 28.6 Å². The van der Waals surface area contributed by atoms with Crippen LogP contribution in [0.1, 0.15) is 64.6 Å². The van der Waals surface area contributed by atoms with Crippen molar-refractivity contribution in [1.29, 1.82) is 0 Å². The van der Waals surface area contributed by atoms with Crippen molar-refractivity contribution in [2.24, 2.45) is 0 Å². The number of aliphatic carboxylic acids is 1. The number of rotatable bonds is 12. The van der Waals surface area contributed by atoms with Crippen LogP contribution >= 0.6 is 11.8 Å². The second-order valence-electron chi connectivity index (χ2n) is 5.25. The monoisotopic (exact) mass is 313 g/mol. The molecule has 1 rings (SSSR count). The summed E-state index contributed by atoms with van der Waals surface area (Å²) >= 11 is 1.26. The lowest BCUT2D eigenvalue weighted by atomic mass is 10.1. The molecule has 0 atom stereocenters. The first-order valence-corrected chi connectivity index (χ1v) is 8.94. The normalized spacial score (nSPS) is 11.0. The molecule has 0 radical (unpaired) electrons. The number of hydrogen-bond acceptors (Lipinski definition) is 4. The second-order valence-corrected chi connectivity index (χ2v) is 6.19. The zero-order valence-corrected chi connectivity index (χ0v) is 14.0. The average molecular weight is 313 g/mol. The van der Waals surface area contributed by atoms with Gasteiger partial charge in [-0.1, -0.05) is 57.7 Å². The molecule has 0 saturated carbocycles. The smallest absolute Gasteiger partial charge is 0.313 e. The SMILES string of the molecule is CCCCCCCc1nnc(SCC(=O)O)n1CCCC. The highest BCUT2D eigenvalue weighted by Gasteiger charge is 2.13. The molecule has 0 spiro atoms. The minimum Gasteiger partial charge on any atom is -0.481 e. The number of carbonyl (C=O) groups is 1. The van der Waals surface area contributed by atoms with Gasteiger partial charge in [0.15, 0.2) is 5.16 Å². The van der Waals surface area contributed by atoms with Gasteiger partial charge in [-0.15, -0.1) is 10.2 Å². The number of nitrogens with zero attached hydrogens (tertiary/aromatic N) is 3. The van der Waals surface area contributed by atoms with E-state index in [0.717, 1.165) is 43.2 Å². The van der Waals surface area contributed by atoms with Crippen LogP contribution in [0, 0.1) is 0 Å². The largest absolute Gasteiger partial charge is 0.481 e. The Balaban J connectivity index is 2.57. The maximum absolute atomic E-state index is 10.7. The van der Waals surface area contributed by atoms with Gasteiger partial charge in [0.2, 0.25) is 0 Å². The van der Waals surface area contributed by atoms with Gasteiger partial charge in [-0.25, -0.2) is 0 Å². The highest BCUT2D eigenvalue weighted by atomic mass is 32.2. The van der Waals surface area contributed by atoms with Gasteiger partial charge in [0.1, 0.15) is 5.82 Å². The van der Waals surface area contributed by atoms with Crippen molar-refractivity contribution >= 4 is 17.7 Å². The third kappa shape index (κ3) is 6.98. The highest BCUT2D eigenvalue weighted by molar-refractivity contribution is 7.99. The molecule has 0 amide bonds. The van der Waals surface area contributed by atoms with E-state index < -0.39 is 5.97 Å². The fourth-order valence-corrected chi connectivity index (χ4v) is 2.87. The summed E-state index contributed by atoms with van der Waals surface area (Å²) in [7, 11) is 0. The minimum atomic E-state index is -0.814. The Morgan fingerprint density at radius 1 is 1.10 bits per heavy atom. The lowest BCUT2D eigenvalue weighted by molar-refractivity contribution is -0.133.